The van der Waals surface area contributed by atoms with Crippen molar-refractivity contribution in [1.82, 2.24) is 5.32 Å². The first-order valence-electron chi connectivity index (χ1n) is 5.29. The highest BCUT2D eigenvalue weighted by atomic mass is 16.4. The highest BCUT2D eigenvalue weighted by Gasteiger charge is 2.50. The lowest BCUT2D eigenvalue weighted by Gasteiger charge is -2.35. The molecule has 1 saturated carbocycles. The summed E-state index contributed by atoms with van der Waals surface area (Å²) in [4.78, 5) is 33.0. The number of nitrogens with one attached hydrogen (secondary N) is 1. The van der Waals surface area contributed by atoms with Crippen molar-refractivity contribution in [3.63, 3.8) is 0 Å². The van der Waals surface area contributed by atoms with Crippen molar-refractivity contribution >= 4 is 17.8 Å². The summed E-state index contributed by atoms with van der Waals surface area (Å²) < 4.78 is 0. The maximum atomic E-state index is 11.6. The molecule has 0 unspecified atom stereocenters. The van der Waals surface area contributed by atoms with Gasteiger partial charge >= 0.3 is 5.97 Å². The second-order valence-electron chi connectivity index (χ2n) is 4.07. The van der Waals surface area contributed by atoms with E-state index in [2.05, 4.69) is 5.32 Å². The molecule has 1 rings (SSSR count). The highest BCUT2D eigenvalue weighted by molar-refractivity contribution is 6.02. The first-order valence-corrected chi connectivity index (χ1v) is 5.29. The highest BCUT2D eigenvalue weighted by Crippen LogP contribution is 2.41. The molecule has 0 aromatic rings. The average molecular weight is 228 g/mol. The number of primary amides is 1. The molecular formula is C10H16N2O4. The summed E-state index contributed by atoms with van der Waals surface area (Å²) in [6.07, 6.45) is 2.19. The topological polar surface area (TPSA) is 109 Å². The SMILES string of the molecule is NC(=O)CCCNC(=O)C1(C(=O)O)CCC1. The lowest BCUT2D eigenvalue weighted by Crippen LogP contribution is -2.51. The zero-order valence-corrected chi connectivity index (χ0v) is 8.99. The molecule has 1 fully saturated rings. The van der Waals surface area contributed by atoms with Crippen molar-refractivity contribution in [2.24, 2.45) is 11.1 Å². The molecule has 0 saturated heterocycles. The molecule has 1 aliphatic carbocycles. The summed E-state index contributed by atoms with van der Waals surface area (Å²) in [6.45, 7) is 0.288. The fourth-order valence-corrected chi connectivity index (χ4v) is 1.70. The van der Waals surface area contributed by atoms with Gasteiger partial charge in [0.2, 0.25) is 11.8 Å². The van der Waals surface area contributed by atoms with Crippen LogP contribution in [0.25, 0.3) is 0 Å². The number of hydrogen-bond donors (Lipinski definition) is 3. The van der Waals surface area contributed by atoms with E-state index in [-0.39, 0.29) is 13.0 Å². The zero-order chi connectivity index (χ0) is 12.2. The Balaban J connectivity index is 2.34. The van der Waals surface area contributed by atoms with Crippen LogP contribution in [0.2, 0.25) is 0 Å². The van der Waals surface area contributed by atoms with Crippen LogP contribution in [0.4, 0.5) is 0 Å². The Morgan fingerprint density at radius 2 is 1.94 bits per heavy atom. The van der Waals surface area contributed by atoms with Crippen molar-refractivity contribution < 1.29 is 19.5 Å². The molecule has 0 spiro atoms. The Labute approximate surface area is 93.2 Å². The average Bonchev–Trinajstić information content (AvgIpc) is 2.09. The maximum absolute atomic E-state index is 11.6. The number of carbonyl (C=O) groups is 3. The molecule has 90 valence electrons. The van der Waals surface area contributed by atoms with Crippen molar-refractivity contribution in [1.29, 1.82) is 0 Å². The summed E-state index contributed by atoms with van der Waals surface area (Å²) in [5.41, 5.74) is 3.71. The number of carboxylic acids is 1. The predicted octanol–water partition coefficient (Wildman–Crippen LogP) is -0.377. The normalized spacial score (nSPS) is 17.2. The van der Waals surface area contributed by atoms with Gasteiger partial charge in [-0.15, -0.1) is 0 Å². The molecule has 0 heterocycles. The lowest BCUT2D eigenvalue weighted by molar-refractivity contribution is -0.162. The third-order valence-electron chi connectivity index (χ3n) is 2.94. The van der Waals surface area contributed by atoms with Crippen LogP contribution >= 0.6 is 0 Å². The molecule has 0 atom stereocenters. The number of amides is 2. The van der Waals surface area contributed by atoms with Crippen LogP contribution < -0.4 is 11.1 Å². The van der Waals surface area contributed by atoms with Gasteiger partial charge in [-0.2, -0.15) is 0 Å². The van der Waals surface area contributed by atoms with Gasteiger partial charge in [0.15, 0.2) is 0 Å². The zero-order valence-electron chi connectivity index (χ0n) is 8.99. The first kappa shape index (κ1) is 12.5. The second-order valence-corrected chi connectivity index (χ2v) is 4.07. The van der Waals surface area contributed by atoms with Crippen LogP contribution in [0.3, 0.4) is 0 Å². The Hall–Kier alpha value is -1.59. The second kappa shape index (κ2) is 4.96. The van der Waals surface area contributed by atoms with Gasteiger partial charge < -0.3 is 16.2 Å². The molecule has 2 amide bonds. The number of rotatable bonds is 6. The van der Waals surface area contributed by atoms with Gasteiger partial charge in [-0.25, -0.2) is 0 Å². The third-order valence-corrected chi connectivity index (χ3v) is 2.94. The van der Waals surface area contributed by atoms with Crippen LogP contribution in [-0.4, -0.2) is 29.4 Å². The Bertz CT molecular complexity index is 310. The van der Waals surface area contributed by atoms with E-state index in [1.54, 1.807) is 0 Å². The van der Waals surface area contributed by atoms with E-state index in [1.165, 1.54) is 0 Å². The van der Waals surface area contributed by atoms with Crippen molar-refractivity contribution in [3.05, 3.63) is 0 Å². The van der Waals surface area contributed by atoms with Crippen LogP contribution in [0, 0.1) is 5.41 Å². The number of carboxylic acid groups (broad SMARTS) is 1. The monoisotopic (exact) mass is 228 g/mol. The van der Waals surface area contributed by atoms with E-state index < -0.39 is 23.2 Å². The molecule has 0 aliphatic heterocycles. The minimum Gasteiger partial charge on any atom is -0.480 e. The van der Waals surface area contributed by atoms with Gasteiger partial charge in [-0.1, -0.05) is 6.42 Å². The number of nitrogens with two attached hydrogens (primary N) is 1. The minimum absolute atomic E-state index is 0.195. The number of hydrogen-bond acceptors (Lipinski definition) is 3. The number of carbonyl (C=O) groups excluding carboxylic acids is 2. The standard InChI is InChI=1S/C10H16N2O4/c11-7(13)3-1-6-12-8(14)10(9(15)16)4-2-5-10/h1-6H2,(H2,11,13)(H,12,14)(H,15,16). The van der Waals surface area contributed by atoms with Crippen LogP contribution in [-0.2, 0) is 14.4 Å². The summed E-state index contributed by atoms with van der Waals surface area (Å²) >= 11 is 0. The van der Waals surface area contributed by atoms with E-state index in [9.17, 15) is 14.4 Å². The van der Waals surface area contributed by atoms with Gasteiger partial charge in [0, 0.05) is 13.0 Å². The summed E-state index contributed by atoms with van der Waals surface area (Å²) in [6, 6.07) is 0. The van der Waals surface area contributed by atoms with Gasteiger partial charge in [-0.05, 0) is 19.3 Å². The lowest BCUT2D eigenvalue weighted by atomic mass is 9.68. The van der Waals surface area contributed by atoms with E-state index in [1.807, 2.05) is 0 Å². The van der Waals surface area contributed by atoms with E-state index in [0.29, 0.717) is 19.3 Å². The van der Waals surface area contributed by atoms with Gasteiger partial charge in [-0.3, -0.25) is 14.4 Å². The van der Waals surface area contributed by atoms with E-state index in [0.717, 1.165) is 6.42 Å². The summed E-state index contributed by atoms with van der Waals surface area (Å²) in [7, 11) is 0. The Morgan fingerprint density at radius 3 is 2.31 bits per heavy atom. The summed E-state index contributed by atoms with van der Waals surface area (Å²) in [5.74, 6) is -1.94. The smallest absolute Gasteiger partial charge is 0.319 e. The quantitative estimate of drug-likeness (QED) is 0.425. The van der Waals surface area contributed by atoms with E-state index in [4.69, 9.17) is 10.8 Å². The van der Waals surface area contributed by atoms with Crippen LogP contribution in [0.15, 0.2) is 0 Å². The van der Waals surface area contributed by atoms with Gasteiger partial charge in [0.05, 0.1) is 0 Å². The third kappa shape index (κ3) is 2.50. The van der Waals surface area contributed by atoms with Crippen molar-refractivity contribution in [3.8, 4) is 0 Å². The molecule has 0 bridgehead atoms. The predicted molar refractivity (Wildman–Crippen MR) is 55.4 cm³/mol. The number of aliphatic carboxylic acids is 1. The van der Waals surface area contributed by atoms with Crippen molar-refractivity contribution in [2.75, 3.05) is 6.54 Å². The van der Waals surface area contributed by atoms with Crippen molar-refractivity contribution in [2.45, 2.75) is 32.1 Å². The van der Waals surface area contributed by atoms with Crippen LogP contribution in [0.1, 0.15) is 32.1 Å². The molecule has 6 nitrogen and oxygen atoms in total. The Morgan fingerprint density at radius 1 is 1.31 bits per heavy atom. The maximum Gasteiger partial charge on any atom is 0.319 e. The fraction of sp³-hybridized carbons (Fsp3) is 0.700. The van der Waals surface area contributed by atoms with Gasteiger partial charge in [0.1, 0.15) is 5.41 Å². The Kier molecular flexibility index (Phi) is 3.87. The largest absolute Gasteiger partial charge is 0.480 e. The van der Waals surface area contributed by atoms with Crippen LogP contribution in [0.5, 0.6) is 0 Å². The van der Waals surface area contributed by atoms with Gasteiger partial charge in [0.25, 0.3) is 0 Å². The molecule has 0 radical (unpaired) electrons. The van der Waals surface area contributed by atoms with E-state index >= 15 is 0 Å². The fourth-order valence-electron chi connectivity index (χ4n) is 1.70. The molecule has 6 heteroatoms. The molecular weight excluding hydrogens is 212 g/mol. The minimum atomic E-state index is -1.23. The molecule has 1 aliphatic rings. The molecule has 0 aromatic carbocycles. The molecule has 16 heavy (non-hydrogen) atoms. The molecule has 0 aromatic heterocycles. The summed E-state index contributed by atoms with van der Waals surface area (Å²) in [5, 5.41) is 11.5. The molecule has 4 N–H and O–H groups in total. The first-order chi connectivity index (χ1) is 7.49.